The summed E-state index contributed by atoms with van der Waals surface area (Å²) in [6.45, 7) is 0. The second-order valence-electron chi connectivity index (χ2n) is 2.12. The first-order chi connectivity index (χ1) is 6.13. The van der Waals surface area contributed by atoms with Gasteiger partial charge in [-0.25, -0.2) is 0 Å². The molecule has 0 spiro atoms. The Labute approximate surface area is 95.4 Å². The van der Waals surface area contributed by atoms with Crippen molar-refractivity contribution < 1.29 is 3.83 Å². The first-order valence-corrected chi connectivity index (χ1v) is 6.85. The Bertz CT molecular complexity index is 344. The third-order valence-corrected chi connectivity index (χ3v) is 5.85. The van der Waals surface area contributed by atoms with Crippen molar-refractivity contribution in [2.24, 2.45) is 0 Å². The topological polar surface area (TPSA) is 17.1 Å². The molecule has 0 heterocycles. The average molecular weight is 302 g/mol. The van der Waals surface area contributed by atoms with Crippen LogP contribution in [0.5, 0.6) is 0 Å². The second-order valence-corrected chi connectivity index (χ2v) is 6.92. The van der Waals surface area contributed by atoms with Gasteiger partial charge in [0.15, 0.2) is 0 Å². The van der Waals surface area contributed by atoms with Gasteiger partial charge in [-0.05, 0) is 0 Å². The Kier molecular flexibility index (Phi) is 4.43. The van der Waals surface area contributed by atoms with Crippen LogP contribution in [0, 0.1) is 0 Å². The number of rotatable bonds is 2. The minimum atomic E-state index is -2.44. The molecule has 0 amide bonds. The van der Waals surface area contributed by atoms with Gasteiger partial charge >= 0.3 is 95.7 Å². The molecule has 1 aromatic carbocycles. The van der Waals surface area contributed by atoms with Crippen LogP contribution < -0.4 is 4.46 Å². The average Bonchev–Trinajstić information content (AvgIpc) is 2.17. The number of hydrogen-bond donors (Lipinski definition) is 0. The van der Waals surface area contributed by atoms with Crippen LogP contribution in [0.4, 0.5) is 0 Å². The summed E-state index contributed by atoms with van der Waals surface area (Å²) in [5.41, 5.74) is 0. The molecule has 0 aromatic heterocycles. The van der Waals surface area contributed by atoms with E-state index in [1.54, 1.807) is 24.3 Å². The van der Waals surface area contributed by atoms with E-state index >= 15 is 0 Å². The van der Waals surface area contributed by atoms with Gasteiger partial charge < -0.3 is 0 Å². The van der Waals surface area contributed by atoms with Crippen LogP contribution >= 0.6 is 34.8 Å². The van der Waals surface area contributed by atoms with Crippen molar-refractivity contribution in [3.05, 3.63) is 38.8 Å². The maximum atomic E-state index is 11.6. The Balaban J connectivity index is 3.00. The summed E-state index contributed by atoms with van der Waals surface area (Å²) >= 11 is 14.1. The molecule has 13 heavy (non-hydrogen) atoms. The molecular formula is C8H5Cl3OSe. The molecule has 0 aliphatic carbocycles. The summed E-state index contributed by atoms with van der Waals surface area (Å²) in [5.74, 6) is 0. The van der Waals surface area contributed by atoms with E-state index in [4.69, 9.17) is 34.8 Å². The van der Waals surface area contributed by atoms with Gasteiger partial charge in [-0.2, -0.15) is 0 Å². The molecule has 0 aliphatic heterocycles. The molecule has 70 valence electrons. The number of halogens is 3. The molecule has 0 fully saturated rings. The summed E-state index contributed by atoms with van der Waals surface area (Å²) in [6, 6.07) is 8.88. The van der Waals surface area contributed by atoms with Crippen LogP contribution in [0.1, 0.15) is 0 Å². The molecule has 0 radical (unpaired) electrons. The molecule has 1 rings (SSSR count). The standard InChI is InChI=1S/C8H5Cl3OSe/c9-7(10)8(11)13(12)6-4-2-1-3-5-6/h1-5H. The molecular weight excluding hydrogens is 297 g/mol. The zero-order chi connectivity index (χ0) is 9.84. The van der Waals surface area contributed by atoms with Crippen LogP contribution in [0.15, 0.2) is 38.8 Å². The van der Waals surface area contributed by atoms with Crippen molar-refractivity contribution >= 4 is 53.1 Å². The van der Waals surface area contributed by atoms with E-state index in [0.29, 0.717) is 4.46 Å². The summed E-state index contributed by atoms with van der Waals surface area (Å²) in [7, 11) is 0. The maximum absolute atomic E-state index is 11.6. The summed E-state index contributed by atoms with van der Waals surface area (Å²) in [4.78, 5) is 0. The van der Waals surface area contributed by atoms with Crippen molar-refractivity contribution in [1.29, 1.82) is 0 Å². The monoisotopic (exact) mass is 302 g/mol. The fourth-order valence-corrected chi connectivity index (χ4v) is 3.49. The van der Waals surface area contributed by atoms with Crippen molar-refractivity contribution in [3.63, 3.8) is 0 Å². The van der Waals surface area contributed by atoms with Gasteiger partial charge in [0.1, 0.15) is 0 Å². The molecule has 0 bridgehead atoms. The van der Waals surface area contributed by atoms with E-state index < -0.39 is 13.8 Å². The van der Waals surface area contributed by atoms with Crippen LogP contribution in [0.3, 0.4) is 0 Å². The summed E-state index contributed by atoms with van der Waals surface area (Å²) in [6.07, 6.45) is 0. The normalized spacial score (nSPS) is 12.2. The van der Waals surface area contributed by atoms with Crippen LogP contribution in [0.25, 0.3) is 0 Å². The van der Waals surface area contributed by atoms with E-state index in [9.17, 15) is 3.83 Å². The van der Waals surface area contributed by atoms with E-state index in [-0.39, 0.29) is 8.42 Å². The van der Waals surface area contributed by atoms with E-state index in [2.05, 4.69) is 0 Å². The first-order valence-electron chi connectivity index (χ1n) is 3.30. The second kappa shape index (κ2) is 5.14. The van der Waals surface area contributed by atoms with Gasteiger partial charge in [0.05, 0.1) is 0 Å². The van der Waals surface area contributed by atoms with Gasteiger partial charge in [0, 0.05) is 0 Å². The molecule has 1 aromatic rings. The van der Waals surface area contributed by atoms with Crippen molar-refractivity contribution in [2.75, 3.05) is 0 Å². The van der Waals surface area contributed by atoms with E-state index in [1.165, 1.54) is 0 Å². The summed E-state index contributed by atoms with van der Waals surface area (Å²) in [5, 5.41) is 0. The molecule has 1 unspecified atom stereocenters. The van der Waals surface area contributed by atoms with Crippen molar-refractivity contribution in [3.8, 4) is 0 Å². The van der Waals surface area contributed by atoms with Gasteiger partial charge in [-0.15, -0.1) is 0 Å². The van der Waals surface area contributed by atoms with Crippen molar-refractivity contribution in [1.82, 2.24) is 0 Å². The van der Waals surface area contributed by atoms with Crippen LogP contribution in [-0.2, 0) is 3.83 Å². The molecule has 0 aliphatic rings. The van der Waals surface area contributed by atoms with Gasteiger partial charge in [0.25, 0.3) is 0 Å². The van der Waals surface area contributed by atoms with Gasteiger partial charge in [0.2, 0.25) is 0 Å². The van der Waals surface area contributed by atoms with E-state index in [0.717, 1.165) is 0 Å². The number of benzene rings is 1. The molecule has 1 atom stereocenters. The third-order valence-electron chi connectivity index (χ3n) is 1.27. The van der Waals surface area contributed by atoms with Crippen molar-refractivity contribution in [2.45, 2.75) is 0 Å². The Hall–Kier alpha value is 0.149. The quantitative estimate of drug-likeness (QED) is 0.768. The zero-order valence-corrected chi connectivity index (χ0v) is 10.3. The molecule has 5 heteroatoms. The fourth-order valence-electron chi connectivity index (χ4n) is 0.718. The third kappa shape index (κ3) is 3.08. The Morgan fingerprint density at radius 3 is 2.08 bits per heavy atom. The number of hydrogen-bond acceptors (Lipinski definition) is 1. The Morgan fingerprint density at radius 2 is 1.62 bits per heavy atom. The minimum absolute atomic E-state index is 0.0505. The molecule has 1 nitrogen and oxygen atoms in total. The molecule has 0 saturated heterocycles. The molecule has 0 N–H and O–H groups in total. The SMILES string of the molecule is O=[Se](C(Cl)=C(Cl)Cl)c1ccccc1. The predicted molar refractivity (Wildman–Crippen MR) is 57.1 cm³/mol. The fraction of sp³-hybridized carbons (Fsp3) is 0. The van der Waals surface area contributed by atoms with Crippen LogP contribution in [0.2, 0.25) is 0 Å². The van der Waals surface area contributed by atoms with Gasteiger partial charge in [-0.1, -0.05) is 0 Å². The molecule has 0 saturated carbocycles. The zero-order valence-electron chi connectivity index (χ0n) is 6.34. The van der Waals surface area contributed by atoms with Crippen LogP contribution in [-0.4, -0.2) is 13.8 Å². The van der Waals surface area contributed by atoms with Gasteiger partial charge in [-0.3, -0.25) is 0 Å². The first kappa shape index (κ1) is 11.2. The summed E-state index contributed by atoms with van der Waals surface area (Å²) < 4.78 is 12.2. The predicted octanol–water partition coefficient (Wildman–Crippen LogP) is 2.74. The Morgan fingerprint density at radius 1 is 1.08 bits per heavy atom. The van der Waals surface area contributed by atoms with E-state index in [1.807, 2.05) is 6.07 Å².